The Hall–Kier alpha value is -3.45. The van der Waals surface area contributed by atoms with Crippen molar-refractivity contribution in [3.63, 3.8) is 0 Å². The first kappa shape index (κ1) is 17.9. The van der Waals surface area contributed by atoms with Gasteiger partial charge < -0.3 is 14.6 Å². The average molecular weight is 391 g/mol. The van der Waals surface area contributed by atoms with Crippen LogP contribution in [0.1, 0.15) is 5.56 Å². The van der Waals surface area contributed by atoms with Gasteiger partial charge in [0.05, 0.1) is 16.1 Å². The van der Waals surface area contributed by atoms with Crippen LogP contribution in [0.5, 0.6) is 5.75 Å². The van der Waals surface area contributed by atoms with Gasteiger partial charge in [-0.1, -0.05) is 41.6 Å². The number of carbonyl (C=O) groups is 1. The van der Waals surface area contributed by atoms with Gasteiger partial charge in [0, 0.05) is 0 Å². The predicted molar refractivity (Wildman–Crippen MR) is 108 cm³/mol. The van der Waals surface area contributed by atoms with Crippen LogP contribution in [0.2, 0.25) is 0 Å². The third kappa shape index (κ3) is 3.94. The number of carbonyl (C=O) groups excluding carboxylic acids is 1. The van der Waals surface area contributed by atoms with Gasteiger partial charge >= 0.3 is 0 Å². The zero-order valence-corrected chi connectivity index (χ0v) is 15.9. The van der Waals surface area contributed by atoms with Gasteiger partial charge in [0.25, 0.3) is 11.8 Å². The van der Waals surface area contributed by atoms with Gasteiger partial charge in [-0.25, -0.2) is 0 Å². The molecule has 28 heavy (non-hydrogen) atoms. The quantitative estimate of drug-likeness (QED) is 0.511. The summed E-state index contributed by atoms with van der Waals surface area (Å²) in [6.07, 6.45) is 0. The molecule has 1 amide bonds. The van der Waals surface area contributed by atoms with E-state index in [1.807, 2.05) is 66.9 Å². The molecular weight excluding hydrogens is 374 g/mol. The smallest absolute Gasteiger partial charge is 0.262 e. The normalized spacial score (nSPS) is 10.6. The molecule has 0 aliphatic heterocycles. The molecule has 4 aromatic rings. The number of ether oxygens (including phenoxy) is 1. The van der Waals surface area contributed by atoms with Crippen LogP contribution in [0.4, 0.5) is 5.69 Å². The van der Waals surface area contributed by atoms with Crippen LogP contribution in [-0.4, -0.2) is 22.7 Å². The number of aromatic nitrogens is 2. The fraction of sp³-hybridized carbons (Fsp3) is 0.0952. The topological polar surface area (TPSA) is 77.2 Å². The molecule has 1 N–H and O–H groups in total. The second-order valence-corrected chi connectivity index (χ2v) is 7.00. The summed E-state index contributed by atoms with van der Waals surface area (Å²) in [5, 5.41) is 8.83. The molecule has 2 aromatic heterocycles. The second-order valence-electron chi connectivity index (χ2n) is 6.05. The van der Waals surface area contributed by atoms with Gasteiger partial charge in [-0.3, -0.25) is 4.79 Å². The molecule has 0 fully saturated rings. The van der Waals surface area contributed by atoms with Crippen LogP contribution in [0.15, 0.2) is 70.6 Å². The number of thiophene rings is 1. The highest BCUT2D eigenvalue weighted by molar-refractivity contribution is 7.13. The highest BCUT2D eigenvalue weighted by Crippen LogP contribution is 2.29. The van der Waals surface area contributed by atoms with Gasteiger partial charge in [0.1, 0.15) is 5.75 Å². The molecule has 0 aliphatic carbocycles. The summed E-state index contributed by atoms with van der Waals surface area (Å²) in [6, 6.07) is 18.7. The van der Waals surface area contributed by atoms with E-state index < -0.39 is 0 Å². The Bertz CT molecular complexity index is 1090. The summed E-state index contributed by atoms with van der Waals surface area (Å²) >= 11 is 1.53. The van der Waals surface area contributed by atoms with E-state index in [4.69, 9.17) is 9.26 Å². The Morgan fingerprint density at radius 2 is 1.93 bits per heavy atom. The minimum absolute atomic E-state index is 0.0938. The number of anilines is 1. The summed E-state index contributed by atoms with van der Waals surface area (Å²) in [6.45, 7) is 1.84. The number of hydrogen-bond acceptors (Lipinski definition) is 6. The Labute approximate surface area is 165 Å². The van der Waals surface area contributed by atoms with Gasteiger partial charge in [-0.05, 0) is 42.1 Å². The fourth-order valence-electron chi connectivity index (χ4n) is 2.67. The zero-order chi connectivity index (χ0) is 19.3. The Morgan fingerprint density at radius 3 is 2.75 bits per heavy atom. The molecule has 4 rings (SSSR count). The van der Waals surface area contributed by atoms with Crippen molar-refractivity contribution in [2.75, 3.05) is 11.9 Å². The third-order valence-corrected chi connectivity index (χ3v) is 4.92. The molecule has 0 saturated carbocycles. The Kier molecular flexibility index (Phi) is 5.16. The monoisotopic (exact) mass is 391 g/mol. The van der Waals surface area contributed by atoms with Crippen molar-refractivity contribution in [2.24, 2.45) is 0 Å². The maximum Gasteiger partial charge on any atom is 0.262 e. The molecule has 2 heterocycles. The number of nitrogens with one attached hydrogen (secondary N) is 1. The average Bonchev–Trinajstić information content (AvgIpc) is 3.39. The predicted octanol–water partition coefficient (Wildman–Crippen LogP) is 4.79. The van der Waals surface area contributed by atoms with E-state index >= 15 is 0 Å². The van der Waals surface area contributed by atoms with Crippen LogP contribution >= 0.6 is 11.3 Å². The molecule has 0 spiro atoms. The van der Waals surface area contributed by atoms with Crippen LogP contribution in [0.3, 0.4) is 0 Å². The molecule has 0 unspecified atom stereocenters. The molecule has 0 bridgehead atoms. The van der Waals surface area contributed by atoms with E-state index in [9.17, 15) is 4.79 Å². The number of aryl methyl sites for hydroxylation is 1. The van der Waals surface area contributed by atoms with Crippen molar-refractivity contribution in [1.29, 1.82) is 0 Å². The number of benzene rings is 2. The van der Waals surface area contributed by atoms with Gasteiger partial charge in [0.2, 0.25) is 5.82 Å². The Balaban J connectivity index is 1.49. The van der Waals surface area contributed by atoms with Crippen molar-refractivity contribution in [2.45, 2.75) is 6.92 Å². The minimum atomic E-state index is -0.270. The molecule has 0 aliphatic rings. The maximum absolute atomic E-state index is 12.4. The lowest BCUT2D eigenvalue weighted by molar-refractivity contribution is -0.118. The standard InChI is InChI=1S/C21H17N3O3S/c1-14-7-2-5-10-17(14)26-13-19(25)22-16-9-4-3-8-15(16)21-23-20(24-27-21)18-11-6-12-28-18/h2-12H,13H2,1H3,(H,22,25). The molecule has 140 valence electrons. The first-order valence-electron chi connectivity index (χ1n) is 8.66. The molecule has 2 aromatic carbocycles. The van der Waals surface area contributed by atoms with Crippen LogP contribution < -0.4 is 10.1 Å². The number of rotatable bonds is 6. The highest BCUT2D eigenvalue weighted by Gasteiger charge is 2.16. The van der Waals surface area contributed by atoms with Crippen molar-refractivity contribution in [1.82, 2.24) is 10.1 Å². The lowest BCUT2D eigenvalue weighted by Gasteiger charge is -2.11. The molecule has 7 heteroatoms. The first-order valence-corrected chi connectivity index (χ1v) is 9.54. The van der Waals surface area contributed by atoms with Gasteiger partial charge in [-0.15, -0.1) is 11.3 Å². The second kappa shape index (κ2) is 8.06. The first-order chi connectivity index (χ1) is 13.7. The lowest BCUT2D eigenvalue weighted by Crippen LogP contribution is -2.20. The Morgan fingerprint density at radius 1 is 1.11 bits per heavy atom. The number of para-hydroxylation sites is 2. The summed E-state index contributed by atoms with van der Waals surface area (Å²) in [5.74, 6) is 1.28. The summed E-state index contributed by atoms with van der Waals surface area (Å²) in [7, 11) is 0. The fourth-order valence-corrected chi connectivity index (χ4v) is 3.31. The minimum Gasteiger partial charge on any atom is -0.483 e. The highest BCUT2D eigenvalue weighted by atomic mass is 32.1. The van der Waals surface area contributed by atoms with E-state index in [1.165, 1.54) is 11.3 Å². The van der Waals surface area contributed by atoms with Crippen molar-refractivity contribution in [3.8, 4) is 27.9 Å². The maximum atomic E-state index is 12.4. The van der Waals surface area contributed by atoms with Crippen molar-refractivity contribution < 1.29 is 14.1 Å². The SMILES string of the molecule is Cc1ccccc1OCC(=O)Nc1ccccc1-c1nc(-c2cccs2)no1. The van der Waals surface area contributed by atoms with E-state index in [2.05, 4.69) is 15.5 Å². The molecule has 0 radical (unpaired) electrons. The largest absolute Gasteiger partial charge is 0.483 e. The van der Waals surface area contributed by atoms with E-state index in [-0.39, 0.29) is 12.5 Å². The summed E-state index contributed by atoms with van der Waals surface area (Å²) in [4.78, 5) is 17.7. The number of nitrogens with zero attached hydrogens (tertiary/aromatic N) is 2. The molecule has 6 nitrogen and oxygen atoms in total. The van der Waals surface area contributed by atoms with E-state index in [1.54, 1.807) is 6.07 Å². The van der Waals surface area contributed by atoms with E-state index in [0.717, 1.165) is 10.4 Å². The van der Waals surface area contributed by atoms with Gasteiger partial charge in [-0.2, -0.15) is 4.98 Å². The van der Waals surface area contributed by atoms with Gasteiger partial charge in [0.15, 0.2) is 6.61 Å². The lowest BCUT2D eigenvalue weighted by atomic mass is 10.1. The number of amides is 1. The van der Waals surface area contributed by atoms with Crippen LogP contribution in [0.25, 0.3) is 22.2 Å². The van der Waals surface area contributed by atoms with Crippen molar-refractivity contribution in [3.05, 3.63) is 71.6 Å². The van der Waals surface area contributed by atoms with Crippen LogP contribution in [-0.2, 0) is 4.79 Å². The van der Waals surface area contributed by atoms with E-state index in [0.29, 0.717) is 28.7 Å². The molecular formula is C21H17N3O3S. The third-order valence-electron chi connectivity index (χ3n) is 4.05. The number of hydrogen-bond donors (Lipinski definition) is 1. The summed E-state index contributed by atoms with van der Waals surface area (Å²) in [5.41, 5.74) is 2.21. The molecule has 0 atom stereocenters. The molecule has 0 saturated heterocycles. The zero-order valence-electron chi connectivity index (χ0n) is 15.1. The van der Waals surface area contributed by atoms with Crippen molar-refractivity contribution >= 4 is 22.9 Å². The van der Waals surface area contributed by atoms with Crippen LogP contribution in [0, 0.1) is 6.92 Å². The summed E-state index contributed by atoms with van der Waals surface area (Å²) < 4.78 is 11.0.